The Hall–Kier alpha value is -3.91. The highest BCUT2D eigenvalue weighted by Crippen LogP contribution is 2.51. The number of rotatable bonds is 1. The smallest absolute Gasteiger partial charge is 0.143 e. The Morgan fingerprint density at radius 2 is 1.50 bits per heavy atom. The first-order chi connectivity index (χ1) is 15.6. The van der Waals surface area contributed by atoms with Crippen molar-refractivity contribution >= 4 is 32.8 Å². The summed E-state index contributed by atoms with van der Waals surface area (Å²) in [5.74, 6) is 0. The molecule has 6 aromatic rings. The number of pyridine rings is 1. The van der Waals surface area contributed by atoms with E-state index in [2.05, 4.69) is 105 Å². The normalized spacial score (nSPS) is 14.2. The van der Waals surface area contributed by atoms with E-state index < -0.39 is 0 Å². The molecule has 0 N–H and O–H groups in total. The van der Waals surface area contributed by atoms with Crippen LogP contribution in [-0.4, -0.2) is 4.98 Å². The molecule has 1 aliphatic rings. The average Bonchev–Trinajstić information content (AvgIpc) is 3.19. The molecule has 0 bridgehead atoms. The first-order valence-electron chi connectivity index (χ1n) is 11.1. The lowest BCUT2D eigenvalue weighted by molar-refractivity contribution is 0.643. The SMILES string of the molecule is CC1(C)c2cc3ccccc3nc2-c2cccc3oc4c(-c5ccccc5)ccc1c4c23. The number of para-hydroxylation sites is 1. The van der Waals surface area contributed by atoms with Crippen LogP contribution in [-0.2, 0) is 5.41 Å². The molecule has 2 heteroatoms. The van der Waals surface area contributed by atoms with E-state index in [-0.39, 0.29) is 5.41 Å². The lowest BCUT2D eigenvalue weighted by Crippen LogP contribution is -2.20. The van der Waals surface area contributed by atoms with E-state index in [0.717, 1.165) is 33.5 Å². The number of aromatic nitrogens is 1. The van der Waals surface area contributed by atoms with Gasteiger partial charge in [0, 0.05) is 32.7 Å². The zero-order valence-corrected chi connectivity index (χ0v) is 18.0. The Labute approximate surface area is 186 Å². The molecule has 0 amide bonds. The molecule has 4 aromatic carbocycles. The number of hydrogen-bond donors (Lipinski definition) is 0. The van der Waals surface area contributed by atoms with Gasteiger partial charge in [0.05, 0.1) is 11.2 Å². The monoisotopic (exact) mass is 411 g/mol. The lowest BCUT2D eigenvalue weighted by Gasteiger charge is -2.28. The van der Waals surface area contributed by atoms with Crippen molar-refractivity contribution in [3.8, 4) is 22.4 Å². The fourth-order valence-corrected chi connectivity index (χ4v) is 5.43. The highest BCUT2D eigenvalue weighted by molar-refractivity contribution is 6.18. The van der Waals surface area contributed by atoms with Crippen LogP contribution in [0.4, 0.5) is 0 Å². The van der Waals surface area contributed by atoms with E-state index in [4.69, 9.17) is 9.40 Å². The van der Waals surface area contributed by atoms with Gasteiger partial charge in [-0.3, -0.25) is 0 Å². The van der Waals surface area contributed by atoms with Crippen molar-refractivity contribution in [3.63, 3.8) is 0 Å². The highest BCUT2D eigenvalue weighted by atomic mass is 16.3. The molecule has 32 heavy (non-hydrogen) atoms. The molecule has 0 saturated carbocycles. The second kappa shape index (κ2) is 6.08. The second-order valence-corrected chi connectivity index (χ2v) is 9.21. The molecule has 7 rings (SSSR count). The van der Waals surface area contributed by atoms with Crippen molar-refractivity contribution in [1.29, 1.82) is 0 Å². The average molecular weight is 412 g/mol. The molecule has 2 heterocycles. The molecule has 152 valence electrons. The molecule has 1 aliphatic carbocycles. The third-order valence-corrected chi connectivity index (χ3v) is 7.06. The van der Waals surface area contributed by atoms with Crippen molar-refractivity contribution in [3.05, 3.63) is 102 Å². The molecule has 0 fully saturated rings. The number of nitrogens with zero attached hydrogens (tertiary/aromatic N) is 1. The minimum atomic E-state index is -0.227. The van der Waals surface area contributed by atoms with E-state index in [9.17, 15) is 0 Å². The predicted octanol–water partition coefficient (Wildman–Crippen LogP) is 8.11. The topological polar surface area (TPSA) is 26.0 Å². The molecule has 0 aliphatic heterocycles. The molecular weight excluding hydrogens is 390 g/mol. The quantitative estimate of drug-likeness (QED) is 0.273. The van der Waals surface area contributed by atoms with Crippen molar-refractivity contribution in [2.24, 2.45) is 0 Å². The molecule has 0 atom stereocenters. The second-order valence-electron chi connectivity index (χ2n) is 9.21. The third kappa shape index (κ3) is 2.22. The summed E-state index contributed by atoms with van der Waals surface area (Å²) >= 11 is 0. The summed E-state index contributed by atoms with van der Waals surface area (Å²) in [5, 5.41) is 3.56. The summed E-state index contributed by atoms with van der Waals surface area (Å²) in [4.78, 5) is 5.19. The van der Waals surface area contributed by atoms with Crippen LogP contribution in [0.3, 0.4) is 0 Å². The Kier molecular flexibility index (Phi) is 3.37. The van der Waals surface area contributed by atoms with Gasteiger partial charge < -0.3 is 4.42 Å². The number of fused-ring (bicyclic) bond motifs is 3. The number of hydrogen-bond acceptors (Lipinski definition) is 2. The highest BCUT2D eigenvalue weighted by Gasteiger charge is 2.35. The van der Waals surface area contributed by atoms with Crippen LogP contribution in [0.25, 0.3) is 55.2 Å². The Morgan fingerprint density at radius 3 is 2.38 bits per heavy atom. The van der Waals surface area contributed by atoms with Crippen LogP contribution < -0.4 is 0 Å². The Bertz CT molecular complexity index is 1690. The van der Waals surface area contributed by atoms with Crippen LogP contribution in [0, 0.1) is 0 Å². The van der Waals surface area contributed by atoms with Gasteiger partial charge in [-0.25, -0.2) is 4.98 Å². The van der Waals surface area contributed by atoms with Gasteiger partial charge in [0.1, 0.15) is 11.2 Å². The summed E-state index contributed by atoms with van der Waals surface area (Å²) in [6.07, 6.45) is 0. The van der Waals surface area contributed by atoms with Crippen molar-refractivity contribution in [1.82, 2.24) is 4.98 Å². The molecule has 0 spiro atoms. The predicted molar refractivity (Wildman–Crippen MR) is 132 cm³/mol. The third-order valence-electron chi connectivity index (χ3n) is 7.06. The van der Waals surface area contributed by atoms with Crippen molar-refractivity contribution in [2.75, 3.05) is 0 Å². The van der Waals surface area contributed by atoms with Gasteiger partial charge in [-0.2, -0.15) is 0 Å². The molecule has 0 unspecified atom stereocenters. The molecule has 0 radical (unpaired) electrons. The molecular formula is C30H21NO. The summed E-state index contributed by atoms with van der Waals surface area (Å²) in [6, 6.07) is 32.1. The fourth-order valence-electron chi connectivity index (χ4n) is 5.43. The van der Waals surface area contributed by atoms with Gasteiger partial charge in [0.2, 0.25) is 0 Å². The largest absolute Gasteiger partial charge is 0.455 e. The standard InChI is InChI=1S/C30H21NO/c1-30(2)22-16-15-20(18-9-4-3-5-10-18)29-27(22)26-21(12-8-14-25(26)32-29)28-23(30)17-19-11-6-7-13-24(19)31-28/h3-17H,1-2H3. The number of benzene rings is 4. The molecule has 0 saturated heterocycles. The van der Waals surface area contributed by atoms with E-state index in [1.165, 1.54) is 32.8 Å². The minimum absolute atomic E-state index is 0.227. The van der Waals surface area contributed by atoms with Crippen LogP contribution in [0.5, 0.6) is 0 Å². The first kappa shape index (κ1) is 17.7. The van der Waals surface area contributed by atoms with Crippen molar-refractivity contribution < 1.29 is 4.42 Å². The zero-order chi connectivity index (χ0) is 21.4. The van der Waals surface area contributed by atoms with Gasteiger partial charge in [0.25, 0.3) is 0 Å². The molecule has 2 aromatic heterocycles. The minimum Gasteiger partial charge on any atom is -0.455 e. The van der Waals surface area contributed by atoms with Crippen LogP contribution in [0.1, 0.15) is 25.0 Å². The molecule has 2 nitrogen and oxygen atoms in total. The van der Waals surface area contributed by atoms with E-state index >= 15 is 0 Å². The van der Waals surface area contributed by atoms with E-state index in [0.29, 0.717) is 0 Å². The van der Waals surface area contributed by atoms with Crippen LogP contribution >= 0.6 is 0 Å². The fraction of sp³-hybridized carbons (Fsp3) is 0.100. The van der Waals surface area contributed by atoms with Gasteiger partial charge in [-0.1, -0.05) is 86.6 Å². The number of furan rings is 1. The summed E-state index contributed by atoms with van der Waals surface area (Å²) in [6.45, 7) is 4.62. The van der Waals surface area contributed by atoms with E-state index in [1.807, 2.05) is 0 Å². The van der Waals surface area contributed by atoms with Crippen LogP contribution in [0.15, 0.2) is 95.4 Å². The van der Waals surface area contributed by atoms with Crippen molar-refractivity contribution in [2.45, 2.75) is 19.3 Å². The van der Waals surface area contributed by atoms with Gasteiger partial charge in [0.15, 0.2) is 0 Å². The summed E-state index contributed by atoms with van der Waals surface area (Å²) in [7, 11) is 0. The Morgan fingerprint density at radius 1 is 0.688 bits per heavy atom. The Balaban J connectivity index is 1.69. The maximum atomic E-state index is 6.56. The maximum Gasteiger partial charge on any atom is 0.143 e. The summed E-state index contributed by atoms with van der Waals surface area (Å²) in [5.41, 5.74) is 9.73. The van der Waals surface area contributed by atoms with E-state index in [1.54, 1.807) is 0 Å². The van der Waals surface area contributed by atoms with Gasteiger partial charge >= 0.3 is 0 Å². The first-order valence-corrected chi connectivity index (χ1v) is 11.1. The van der Waals surface area contributed by atoms with Gasteiger partial charge in [-0.15, -0.1) is 0 Å². The summed E-state index contributed by atoms with van der Waals surface area (Å²) < 4.78 is 6.56. The zero-order valence-electron chi connectivity index (χ0n) is 18.0. The van der Waals surface area contributed by atoms with Crippen LogP contribution in [0.2, 0.25) is 0 Å². The van der Waals surface area contributed by atoms with Gasteiger partial charge in [-0.05, 0) is 34.9 Å². The maximum absolute atomic E-state index is 6.56. The lowest BCUT2D eigenvalue weighted by atomic mass is 9.76.